The highest BCUT2D eigenvalue weighted by atomic mass is 32.2. The summed E-state index contributed by atoms with van der Waals surface area (Å²) in [5.41, 5.74) is 4.34. The summed E-state index contributed by atoms with van der Waals surface area (Å²) in [7, 11) is -3.97. The number of hydrogen-bond acceptors (Lipinski definition) is 6. The van der Waals surface area contributed by atoms with Crippen LogP contribution < -0.4 is 5.14 Å². The molecule has 4 rings (SSSR count). The molecule has 2 atom stereocenters. The molecule has 3 heterocycles. The largest absolute Gasteiger partial charge is 0.352 e. The molecule has 0 saturated carbocycles. The minimum Gasteiger partial charge on any atom is -0.352 e. The van der Waals surface area contributed by atoms with Gasteiger partial charge in [0.05, 0.1) is 18.4 Å². The average molecular weight is 431 g/mol. The van der Waals surface area contributed by atoms with Crippen LogP contribution in [0.5, 0.6) is 0 Å². The molecule has 2 aromatic heterocycles. The molecule has 30 heavy (non-hydrogen) atoms. The maximum Gasteiger partial charge on any atom is 0.333 e. The quantitative estimate of drug-likeness (QED) is 0.588. The van der Waals surface area contributed by atoms with E-state index in [4.69, 9.17) is 14.1 Å². The van der Waals surface area contributed by atoms with Crippen LogP contribution in [0.15, 0.2) is 42.9 Å². The van der Waals surface area contributed by atoms with E-state index in [1.165, 1.54) is 11.1 Å². The van der Waals surface area contributed by atoms with Gasteiger partial charge < -0.3 is 9.30 Å². The lowest BCUT2D eigenvalue weighted by molar-refractivity contribution is -0.0146. The van der Waals surface area contributed by atoms with Gasteiger partial charge in [-0.25, -0.2) is 15.1 Å². The Balaban J connectivity index is 1.56. The molecule has 0 aliphatic carbocycles. The van der Waals surface area contributed by atoms with E-state index in [0.717, 1.165) is 42.4 Å². The van der Waals surface area contributed by atoms with E-state index in [1.54, 1.807) is 6.33 Å². The first-order valence-electron chi connectivity index (χ1n) is 10.1. The van der Waals surface area contributed by atoms with Crippen molar-refractivity contribution in [2.45, 2.75) is 51.4 Å². The van der Waals surface area contributed by atoms with Crippen LogP contribution in [0, 0.1) is 0 Å². The Morgan fingerprint density at radius 3 is 2.73 bits per heavy atom. The Hall–Kier alpha value is -2.33. The maximum absolute atomic E-state index is 11.0. The van der Waals surface area contributed by atoms with E-state index in [9.17, 15) is 8.42 Å². The second-order valence-corrected chi connectivity index (χ2v) is 8.71. The van der Waals surface area contributed by atoms with Crippen LogP contribution in [-0.4, -0.2) is 35.7 Å². The summed E-state index contributed by atoms with van der Waals surface area (Å²) in [6.45, 7) is 2.04. The van der Waals surface area contributed by atoms with Crippen molar-refractivity contribution in [3.8, 4) is 0 Å². The molecule has 0 bridgehead atoms. The zero-order valence-corrected chi connectivity index (χ0v) is 17.7. The van der Waals surface area contributed by atoms with Crippen LogP contribution in [0.2, 0.25) is 0 Å². The summed E-state index contributed by atoms with van der Waals surface area (Å²) in [6.07, 6.45) is 7.18. The van der Waals surface area contributed by atoms with Crippen molar-refractivity contribution in [2.75, 3.05) is 6.61 Å². The normalized spacial score (nSPS) is 19.5. The second-order valence-electron chi connectivity index (χ2n) is 7.49. The fourth-order valence-electron chi connectivity index (χ4n) is 4.00. The maximum atomic E-state index is 11.0. The molecule has 8 nitrogen and oxygen atoms in total. The third-order valence-electron chi connectivity index (χ3n) is 5.45. The van der Waals surface area contributed by atoms with E-state index >= 15 is 0 Å². The first-order valence-corrected chi connectivity index (χ1v) is 11.6. The van der Waals surface area contributed by atoms with Crippen molar-refractivity contribution in [3.63, 3.8) is 0 Å². The van der Waals surface area contributed by atoms with Crippen LogP contribution in [0.3, 0.4) is 0 Å². The minimum absolute atomic E-state index is 0.0769. The Labute approximate surface area is 176 Å². The van der Waals surface area contributed by atoms with Crippen molar-refractivity contribution in [3.05, 3.63) is 59.7 Å². The van der Waals surface area contributed by atoms with Crippen LogP contribution in [0.4, 0.5) is 0 Å². The number of aromatic nitrogens is 3. The SMILES string of the molecule is CCc1cn([C@H]2CC[C@@H](COS(N)(=O)=O)O2)c2ncnc(CCc3ccccc3)c12. The molecule has 1 saturated heterocycles. The fourth-order valence-corrected chi connectivity index (χ4v) is 4.34. The number of ether oxygens (including phenoxy) is 1. The number of rotatable bonds is 8. The first kappa shape index (κ1) is 20.9. The summed E-state index contributed by atoms with van der Waals surface area (Å²) in [5.74, 6) is 0. The van der Waals surface area contributed by atoms with Gasteiger partial charge in [-0.3, -0.25) is 4.18 Å². The van der Waals surface area contributed by atoms with Crippen LogP contribution >= 0.6 is 0 Å². The Kier molecular flexibility index (Phi) is 6.14. The van der Waals surface area contributed by atoms with E-state index in [0.29, 0.717) is 6.42 Å². The number of aryl methyl sites for hydroxylation is 3. The van der Waals surface area contributed by atoms with E-state index < -0.39 is 10.3 Å². The van der Waals surface area contributed by atoms with Gasteiger partial charge in [-0.1, -0.05) is 37.3 Å². The predicted molar refractivity (Wildman–Crippen MR) is 113 cm³/mol. The molecule has 160 valence electrons. The predicted octanol–water partition coefficient (Wildman–Crippen LogP) is 2.68. The smallest absolute Gasteiger partial charge is 0.333 e. The van der Waals surface area contributed by atoms with Gasteiger partial charge in [0.1, 0.15) is 18.2 Å². The highest BCUT2D eigenvalue weighted by Gasteiger charge is 2.29. The van der Waals surface area contributed by atoms with Crippen LogP contribution in [-0.2, 0) is 38.5 Å². The Morgan fingerprint density at radius 2 is 2.00 bits per heavy atom. The monoisotopic (exact) mass is 430 g/mol. The molecule has 0 unspecified atom stereocenters. The zero-order chi connectivity index (χ0) is 21.1. The molecule has 0 spiro atoms. The molecule has 2 N–H and O–H groups in total. The topological polar surface area (TPSA) is 109 Å². The lowest BCUT2D eigenvalue weighted by Gasteiger charge is -2.15. The molecular formula is C21H26N4O4S. The number of hydrogen-bond donors (Lipinski definition) is 1. The zero-order valence-electron chi connectivity index (χ0n) is 16.9. The lowest BCUT2D eigenvalue weighted by atomic mass is 10.0. The van der Waals surface area contributed by atoms with Crippen molar-refractivity contribution >= 4 is 21.3 Å². The highest BCUT2D eigenvalue weighted by molar-refractivity contribution is 7.84. The molecule has 1 aromatic carbocycles. The third kappa shape index (κ3) is 4.70. The number of nitrogens with two attached hydrogens (primary N) is 1. The van der Waals surface area contributed by atoms with E-state index in [1.807, 2.05) is 22.8 Å². The van der Waals surface area contributed by atoms with Gasteiger partial charge in [0.25, 0.3) is 0 Å². The van der Waals surface area contributed by atoms with Gasteiger partial charge >= 0.3 is 10.3 Å². The van der Waals surface area contributed by atoms with Crippen LogP contribution in [0.1, 0.15) is 42.8 Å². The molecule has 1 aliphatic heterocycles. The number of nitrogens with zero attached hydrogens (tertiary/aromatic N) is 3. The van der Waals surface area contributed by atoms with Gasteiger partial charge in [0, 0.05) is 11.6 Å². The first-order chi connectivity index (χ1) is 14.4. The number of fused-ring (bicyclic) bond motifs is 1. The average Bonchev–Trinajstić information content (AvgIpc) is 3.35. The standard InChI is InChI=1S/C21H26N4O4S/c1-2-16-12-25(19-11-9-17(29-19)13-28-30(22,26)27)21-20(16)18(23-14-24-21)10-8-15-6-4-3-5-7-15/h3-7,12,14,17,19H,2,8-11,13H2,1H3,(H2,22,26,27)/t17-,19+/m0/s1. The molecular weight excluding hydrogens is 404 g/mol. The summed E-state index contributed by atoms with van der Waals surface area (Å²) >= 11 is 0. The summed E-state index contributed by atoms with van der Waals surface area (Å²) < 4.78 is 34.8. The lowest BCUT2D eigenvalue weighted by Crippen LogP contribution is -2.23. The van der Waals surface area contributed by atoms with Gasteiger partial charge in [-0.05, 0) is 43.2 Å². The summed E-state index contributed by atoms with van der Waals surface area (Å²) in [5, 5.41) is 6.00. The minimum atomic E-state index is -3.97. The fraction of sp³-hybridized carbons (Fsp3) is 0.429. The Bertz CT molecular complexity index is 1110. The van der Waals surface area contributed by atoms with Crippen molar-refractivity contribution in [1.29, 1.82) is 0 Å². The second kappa shape index (κ2) is 8.81. The molecule has 9 heteroatoms. The number of benzene rings is 1. The molecule has 0 radical (unpaired) electrons. The van der Waals surface area contributed by atoms with Crippen molar-refractivity contribution in [2.24, 2.45) is 5.14 Å². The van der Waals surface area contributed by atoms with Crippen LogP contribution in [0.25, 0.3) is 11.0 Å². The summed E-state index contributed by atoms with van der Waals surface area (Å²) in [6, 6.07) is 10.4. The summed E-state index contributed by atoms with van der Waals surface area (Å²) in [4.78, 5) is 9.12. The Morgan fingerprint density at radius 1 is 1.20 bits per heavy atom. The molecule has 3 aromatic rings. The van der Waals surface area contributed by atoms with E-state index in [2.05, 4.69) is 35.2 Å². The molecule has 0 amide bonds. The van der Waals surface area contributed by atoms with Gasteiger partial charge in [-0.2, -0.15) is 8.42 Å². The van der Waals surface area contributed by atoms with Crippen molar-refractivity contribution < 1.29 is 17.3 Å². The van der Waals surface area contributed by atoms with E-state index in [-0.39, 0.29) is 18.9 Å². The van der Waals surface area contributed by atoms with Gasteiger partial charge in [0.15, 0.2) is 0 Å². The van der Waals surface area contributed by atoms with Gasteiger partial charge in [-0.15, -0.1) is 0 Å². The third-order valence-corrected chi connectivity index (χ3v) is 5.92. The van der Waals surface area contributed by atoms with Gasteiger partial charge in [0.2, 0.25) is 0 Å². The highest BCUT2D eigenvalue weighted by Crippen LogP contribution is 2.34. The van der Waals surface area contributed by atoms with Crippen molar-refractivity contribution in [1.82, 2.24) is 14.5 Å². The molecule has 1 aliphatic rings. The molecule has 1 fully saturated rings.